The topological polar surface area (TPSA) is 52.5 Å². The van der Waals surface area contributed by atoms with Gasteiger partial charge in [-0.05, 0) is 39.7 Å². The zero-order chi connectivity index (χ0) is 16.7. The Balaban J connectivity index is 1.74. The number of aromatic nitrogens is 1. The summed E-state index contributed by atoms with van der Waals surface area (Å²) in [6.45, 7) is 10.8. The van der Waals surface area contributed by atoms with E-state index in [4.69, 9.17) is 0 Å². The molecule has 23 heavy (non-hydrogen) atoms. The Morgan fingerprint density at radius 2 is 2.09 bits per heavy atom. The summed E-state index contributed by atoms with van der Waals surface area (Å²) in [5, 5.41) is 8.13. The van der Waals surface area contributed by atoms with Crippen molar-refractivity contribution in [3.8, 4) is 0 Å². The summed E-state index contributed by atoms with van der Waals surface area (Å²) >= 11 is 1.76. The molecule has 0 aromatic carbocycles. The van der Waals surface area contributed by atoms with Crippen molar-refractivity contribution in [2.75, 3.05) is 26.7 Å². The summed E-state index contributed by atoms with van der Waals surface area (Å²) in [4.78, 5) is 12.7. The van der Waals surface area contributed by atoms with Crippen LogP contribution >= 0.6 is 11.3 Å². The molecular formula is C17H31N5S. The molecule has 5 nitrogen and oxygen atoms in total. The largest absolute Gasteiger partial charge is 0.354 e. The molecule has 0 spiro atoms. The maximum atomic E-state index is 4.48. The van der Waals surface area contributed by atoms with Crippen molar-refractivity contribution in [3.05, 3.63) is 15.6 Å². The third-order valence-electron chi connectivity index (χ3n) is 4.40. The quantitative estimate of drug-likeness (QED) is 0.619. The van der Waals surface area contributed by atoms with Gasteiger partial charge >= 0.3 is 0 Å². The minimum absolute atomic E-state index is 0.531. The fourth-order valence-electron chi connectivity index (χ4n) is 2.97. The Labute approximate surface area is 144 Å². The van der Waals surface area contributed by atoms with E-state index in [0.717, 1.165) is 23.2 Å². The van der Waals surface area contributed by atoms with Crippen molar-refractivity contribution in [1.29, 1.82) is 0 Å². The van der Waals surface area contributed by atoms with Crippen LogP contribution in [0.25, 0.3) is 0 Å². The van der Waals surface area contributed by atoms with E-state index < -0.39 is 0 Å². The van der Waals surface area contributed by atoms with Crippen LogP contribution in [0.3, 0.4) is 0 Å². The lowest BCUT2D eigenvalue weighted by Crippen LogP contribution is -2.48. The Bertz CT molecular complexity index is 503. The minimum atomic E-state index is 0.531. The third-order valence-corrected chi connectivity index (χ3v) is 5.47. The van der Waals surface area contributed by atoms with Crippen LogP contribution in [0.2, 0.25) is 0 Å². The summed E-state index contributed by atoms with van der Waals surface area (Å²) in [5.41, 5.74) is 1.12. The van der Waals surface area contributed by atoms with Gasteiger partial charge < -0.3 is 15.5 Å². The van der Waals surface area contributed by atoms with Crippen LogP contribution in [0.1, 0.15) is 48.2 Å². The normalized spacial score (nSPS) is 17.5. The molecule has 0 atom stereocenters. The third kappa shape index (κ3) is 5.77. The smallest absolute Gasteiger partial charge is 0.191 e. The number of hydrogen-bond acceptors (Lipinski definition) is 4. The molecule has 6 heteroatoms. The Kier molecular flexibility index (Phi) is 7.30. The number of nitrogens with one attached hydrogen (secondary N) is 2. The molecule has 0 bridgehead atoms. The first-order chi connectivity index (χ1) is 11.1. The molecule has 1 aliphatic rings. The SMILES string of the molecule is CCCCN1CCC(NC(=NC)NCc2sc(C)nc2C)CC1. The van der Waals surface area contributed by atoms with Crippen LogP contribution in [0.5, 0.6) is 0 Å². The van der Waals surface area contributed by atoms with Crippen LogP contribution < -0.4 is 10.6 Å². The minimum Gasteiger partial charge on any atom is -0.354 e. The maximum Gasteiger partial charge on any atom is 0.191 e. The highest BCUT2D eigenvalue weighted by Crippen LogP contribution is 2.16. The van der Waals surface area contributed by atoms with Gasteiger partial charge in [0.2, 0.25) is 0 Å². The van der Waals surface area contributed by atoms with E-state index in [2.05, 4.69) is 46.3 Å². The van der Waals surface area contributed by atoms with Crippen molar-refractivity contribution in [2.45, 2.75) is 59.0 Å². The van der Waals surface area contributed by atoms with E-state index in [1.165, 1.54) is 50.2 Å². The number of thiazole rings is 1. The van der Waals surface area contributed by atoms with Crippen LogP contribution in [-0.2, 0) is 6.54 Å². The van der Waals surface area contributed by atoms with E-state index in [1.54, 1.807) is 11.3 Å². The first-order valence-corrected chi connectivity index (χ1v) is 9.56. The monoisotopic (exact) mass is 337 g/mol. The molecule has 0 aliphatic carbocycles. The predicted octanol–water partition coefficient (Wildman–Crippen LogP) is 2.69. The lowest BCUT2D eigenvalue weighted by atomic mass is 10.0. The first-order valence-electron chi connectivity index (χ1n) is 8.74. The van der Waals surface area contributed by atoms with Gasteiger partial charge in [0.25, 0.3) is 0 Å². The molecule has 2 heterocycles. The molecular weight excluding hydrogens is 306 g/mol. The molecule has 1 saturated heterocycles. The molecule has 1 fully saturated rings. The second-order valence-electron chi connectivity index (χ2n) is 6.28. The zero-order valence-corrected chi connectivity index (χ0v) is 15.8. The average molecular weight is 338 g/mol. The molecule has 1 aromatic rings. The number of nitrogens with zero attached hydrogens (tertiary/aromatic N) is 3. The van der Waals surface area contributed by atoms with Crippen LogP contribution in [0, 0.1) is 13.8 Å². The van der Waals surface area contributed by atoms with Gasteiger partial charge in [0.1, 0.15) is 0 Å². The van der Waals surface area contributed by atoms with Gasteiger partial charge in [-0.15, -0.1) is 11.3 Å². The first kappa shape index (κ1) is 18.2. The zero-order valence-electron chi connectivity index (χ0n) is 15.0. The Morgan fingerprint density at radius 3 is 2.65 bits per heavy atom. The number of aryl methyl sites for hydroxylation is 2. The molecule has 0 amide bonds. The van der Waals surface area contributed by atoms with Gasteiger partial charge in [0, 0.05) is 31.1 Å². The number of hydrogen-bond donors (Lipinski definition) is 2. The van der Waals surface area contributed by atoms with Crippen molar-refractivity contribution >= 4 is 17.3 Å². The Hall–Kier alpha value is -1.14. The fourth-order valence-corrected chi connectivity index (χ4v) is 3.85. The van der Waals surface area contributed by atoms with Gasteiger partial charge in [0.15, 0.2) is 5.96 Å². The summed E-state index contributed by atoms with van der Waals surface area (Å²) in [7, 11) is 1.84. The van der Waals surface area contributed by atoms with Gasteiger partial charge in [-0.1, -0.05) is 13.3 Å². The predicted molar refractivity (Wildman–Crippen MR) is 99.3 cm³/mol. The number of piperidine rings is 1. The van der Waals surface area contributed by atoms with E-state index in [-0.39, 0.29) is 0 Å². The molecule has 1 aliphatic heterocycles. The number of aliphatic imine (C=N–C) groups is 1. The van der Waals surface area contributed by atoms with Gasteiger partial charge in [-0.25, -0.2) is 4.98 Å². The molecule has 130 valence electrons. The van der Waals surface area contributed by atoms with Crippen molar-refractivity contribution in [3.63, 3.8) is 0 Å². The molecule has 0 radical (unpaired) electrons. The van der Waals surface area contributed by atoms with E-state index in [1.807, 2.05) is 7.05 Å². The molecule has 0 saturated carbocycles. The molecule has 1 aromatic heterocycles. The number of likely N-dealkylation sites (tertiary alicyclic amines) is 1. The highest BCUT2D eigenvalue weighted by atomic mass is 32.1. The van der Waals surface area contributed by atoms with Crippen molar-refractivity contribution in [2.24, 2.45) is 4.99 Å². The second kappa shape index (κ2) is 9.23. The van der Waals surface area contributed by atoms with Crippen molar-refractivity contribution < 1.29 is 0 Å². The van der Waals surface area contributed by atoms with Gasteiger partial charge in [-0.2, -0.15) is 0 Å². The highest BCUT2D eigenvalue weighted by Gasteiger charge is 2.19. The van der Waals surface area contributed by atoms with Gasteiger partial charge in [-0.3, -0.25) is 4.99 Å². The van der Waals surface area contributed by atoms with Crippen molar-refractivity contribution in [1.82, 2.24) is 20.5 Å². The number of unbranched alkanes of at least 4 members (excludes halogenated alkanes) is 1. The summed E-state index contributed by atoms with van der Waals surface area (Å²) < 4.78 is 0. The number of guanidine groups is 1. The van der Waals surface area contributed by atoms with E-state index in [0.29, 0.717) is 6.04 Å². The summed E-state index contributed by atoms with van der Waals surface area (Å²) in [5.74, 6) is 0.905. The standard InChI is InChI=1S/C17H31N5S/c1-5-6-9-22-10-7-15(8-11-22)21-17(18-4)19-12-16-13(2)20-14(3)23-16/h15H,5-12H2,1-4H3,(H2,18,19,21). The molecule has 2 rings (SSSR count). The van der Waals surface area contributed by atoms with Crippen LogP contribution in [0.15, 0.2) is 4.99 Å². The molecule has 0 unspecified atom stereocenters. The number of rotatable bonds is 6. The summed E-state index contributed by atoms with van der Waals surface area (Å²) in [6.07, 6.45) is 4.99. The van der Waals surface area contributed by atoms with E-state index >= 15 is 0 Å². The van der Waals surface area contributed by atoms with Crippen LogP contribution in [-0.4, -0.2) is 48.6 Å². The lowest BCUT2D eigenvalue weighted by molar-refractivity contribution is 0.203. The Morgan fingerprint density at radius 1 is 1.35 bits per heavy atom. The average Bonchev–Trinajstić information content (AvgIpc) is 2.88. The second-order valence-corrected chi connectivity index (χ2v) is 7.57. The van der Waals surface area contributed by atoms with Crippen LogP contribution in [0.4, 0.5) is 0 Å². The maximum absolute atomic E-state index is 4.48. The highest BCUT2D eigenvalue weighted by molar-refractivity contribution is 7.11. The molecule has 2 N–H and O–H groups in total. The van der Waals surface area contributed by atoms with Gasteiger partial charge in [0.05, 0.1) is 17.2 Å². The van der Waals surface area contributed by atoms with E-state index in [9.17, 15) is 0 Å². The fraction of sp³-hybridized carbons (Fsp3) is 0.765. The lowest BCUT2D eigenvalue weighted by Gasteiger charge is -2.33. The summed E-state index contributed by atoms with van der Waals surface area (Å²) in [6, 6.07) is 0.531.